The fraction of sp³-hybridized carbons (Fsp3) is 1.00. The second-order valence-corrected chi connectivity index (χ2v) is 7.88. The lowest BCUT2D eigenvalue weighted by Crippen LogP contribution is -2.55. The van der Waals surface area contributed by atoms with E-state index in [0.29, 0.717) is 11.0 Å². The van der Waals surface area contributed by atoms with Gasteiger partial charge in [0, 0.05) is 18.6 Å². The Morgan fingerprint density at radius 3 is 2.26 bits per heavy atom. The van der Waals surface area contributed by atoms with Crippen molar-refractivity contribution in [3.8, 4) is 0 Å². The van der Waals surface area contributed by atoms with E-state index in [1.807, 2.05) is 0 Å². The average Bonchev–Trinajstić information content (AvgIpc) is 2.86. The van der Waals surface area contributed by atoms with Gasteiger partial charge in [-0.05, 0) is 55.9 Å². The molecular weight excluding hydrogens is 232 g/mol. The number of hydrogen-bond donors (Lipinski definition) is 1. The predicted molar refractivity (Wildman–Crippen MR) is 83.2 cm³/mol. The molecule has 0 aromatic heterocycles. The number of rotatable bonds is 4. The molecule has 0 bridgehead atoms. The third kappa shape index (κ3) is 3.00. The molecule has 0 aromatic rings. The highest BCUT2D eigenvalue weighted by Gasteiger charge is 2.43. The second kappa shape index (κ2) is 5.73. The predicted octanol–water partition coefficient (Wildman–Crippen LogP) is 3.65. The van der Waals surface area contributed by atoms with E-state index < -0.39 is 0 Å². The standard InChI is InChI=1S/C17H34N2/c1-5-16(3,4)15-6-9-17(13-18,10-7-15)19-11-8-14(2)12-19/h14-15H,5-13,18H2,1-4H3. The van der Waals surface area contributed by atoms with Crippen molar-refractivity contribution in [2.45, 2.75) is 71.8 Å². The van der Waals surface area contributed by atoms with Crippen LogP contribution in [0, 0.1) is 17.3 Å². The minimum absolute atomic E-state index is 0.338. The number of nitrogens with zero attached hydrogens (tertiary/aromatic N) is 1. The summed E-state index contributed by atoms with van der Waals surface area (Å²) in [7, 11) is 0. The average molecular weight is 266 g/mol. The maximum atomic E-state index is 6.21. The Hall–Kier alpha value is -0.0800. The molecule has 2 N–H and O–H groups in total. The van der Waals surface area contributed by atoms with Crippen LogP contribution in [0.15, 0.2) is 0 Å². The van der Waals surface area contributed by atoms with Crippen LogP contribution >= 0.6 is 0 Å². The Kier molecular flexibility index (Phi) is 4.62. The number of nitrogens with two attached hydrogens (primary N) is 1. The van der Waals surface area contributed by atoms with Gasteiger partial charge < -0.3 is 5.73 Å². The van der Waals surface area contributed by atoms with E-state index in [4.69, 9.17) is 5.73 Å². The van der Waals surface area contributed by atoms with E-state index in [9.17, 15) is 0 Å². The lowest BCUT2D eigenvalue weighted by Gasteiger charge is -2.49. The first-order valence-corrected chi connectivity index (χ1v) is 8.38. The van der Waals surface area contributed by atoms with Crippen molar-refractivity contribution < 1.29 is 0 Å². The molecule has 1 unspecified atom stereocenters. The summed E-state index contributed by atoms with van der Waals surface area (Å²) in [6.07, 6.45) is 8.07. The summed E-state index contributed by atoms with van der Waals surface area (Å²) in [5, 5.41) is 0. The first-order valence-electron chi connectivity index (χ1n) is 8.38. The number of likely N-dealkylation sites (tertiary alicyclic amines) is 1. The summed E-state index contributed by atoms with van der Waals surface area (Å²) in [4.78, 5) is 2.73. The van der Waals surface area contributed by atoms with Crippen molar-refractivity contribution in [1.29, 1.82) is 0 Å². The van der Waals surface area contributed by atoms with Crippen LogP contribution < -0.4 is 5.73 Å². The zero-order chi connectivity index (χ0) is 14.1. The van der Waals surface area contributed by atoms with Crippen molar-refractivity contribution >= 4 is 0 Å². The largest absolute Gasteiger partial charge is 0.329 e. The molecule has 0 aromatic carbocycles. The second-order valence-electron chi connectivity index (χ2n) is 7.88. The lowest BCUT2D eigenvalue weighted by molar-refractivity contribution is 0.0290. The first-order chi connectivity index (χ1) is 8.93. The van der Waals surface area contributed by atoms with Crippen LogP contribution in [0.4, 0.5) is 0 Å². The molecule has 2 rings (SSSR count). The van der Waals surface area contributed by atoms with Crippen molar-refractivity contribution in [2.24, 2.45) is 23.0 Å². The summed E-state index contributed by atoms with van der Waals surface area (Å²) in [6, 6.07) is 0. The van der Waals surface area contributed by atoms with Crippen molar-refractivity contribution in [3.05, 3.63) is 0 Å². The van der Waals surface area contributed by atoms with Gasteiger partial charge in [-0.15, -0.1) is 0 Å². The van der Waals surface area contributed by atoms with Gasteiger partial charge in [-0.25, -0.2) is 0 Å². The Labute approximate surface area is 120 Å². The highest BCUT2D eigenvalue weighted by Crippen LogP contribution is 2.45. The quantitative estimate of drug-likeness (QED) is 0.841. The Morgan fingerprint density at radius 2 is 1.84 bits per heavy atom. The summed E-state index contributed by atoms with van der Waals surface area (Å²) < 4.78 is 0. The van der Waals surface area contributed by atoms with Gasteiger partial charge in [-0.3, -0.25) is 4.90 Å². The van der Waals surface area contributed by atoms with Crippen LogP contribution in [0.2, 0.25) is 0 Å². The Balaban J connectivity index is 1.99. The molecule has 1 atom stereocenters. The molecule has 2 nitrogen and oxygen atoms in total. The van der Waals surface area contributed by atoms with E-state index in [1.54, 1.807) is 0 Å². The minimum Gasteiger partial charge on any atom is -0.329 e. The van der Waals surface area contributed by atoms with Crippen molar-refractivity contribution in [2.75, 3.05) is 19.6 Å². The summed E-state index contributed by atoms with van der Waals surface area (Å²) in [6.45, 7) is 13.0. The van der Waals surface area contributed by atoms with Crippen molar-refractivity contribution in [3.63, 3.8) is 0 Å². The lowest BCUT2D eigenvalue weighted by atomic mass is 9.65. The van der Waals surface area contributed by atoms with Crippen LogP contribution in [-0.2, 0) is 0 Å². The molecule has 1 saturated heterocycles. The maximum absolute atomic E-state index is 6.21. The van der Waals surface area contributed by atoms with Gasteiger partial charge in [-0.2, -0.15) is 0 Å². The maximum Gasteiger partial charge on any atom is 0.0332 e. The fourth-order valence-electron chi connectivity index (χ4n) is 4.24. The SMILES string of the molecule is CCC(C)(C)C1CCC(CN)(N2CCC(C)C2)CC1. The van der Waals surface area contributed by atoms with Gasteiger partial charge in [0.25, 0.3) is 0 Å². The summed E-state index contributed by atoms with van der Waals surface area (Å²) in [5.41, 5.74) is 7.06. The minimum atomic E-state index is 0.338. The van der Waals surface area contributed by atoms with Gasteiger partial charge in [0.15, 0.2) is 0 Å². The Morgan fingerprint density at radius 1 is 1.21 bits per heavy atom. The first kappa shape index (κ1) is 15.3. The molecule has 1 saturated carbocycles. The summed E-state index contributed by atoms with van der Waals surface area (Å²) in [5.74, 6) is 1.77. The van der Waals surface area contributed by atoms with E-state index in [2.05, 4.69) is 32.6 Å². The van der Waals surface area contributed by atoms with Gasteiger partial charge in [-0.1, -0.05) is 34.1 Å². The third-order valence-corrected chi connectivity index (χ3v) is 6.41. The molecule has 1 aliphatic heterocycles. The van der Waals surface area contributed by atoms with Gasteiger partial charge >= 0.3 is 0 Å². The monoisotopic (exact) mass is 266 g/mol. The van der Waals surface area contributed by atoms with Crippen LogP contribution in [0.1, 0.15) is 66.2 Å². The van der Waals surface area contributed by atoms with Gasteiger partial charge in [0.1, 0.15) is 0 Å². The van der Waals surface area contributed by atoms with Crippen LogP contribution in [0.3, 0.4) is 0 Å². The number of hydrogen-bond acceptors (Lipinski definition) is 2. The zero-order valence-corrected chi connectivity index (χ0v) is 13.5. The highest BCUT2D eigenvalue weighted by molar-refractivity contribution is 4.99. The molecule has 19 heavy (non-hydrogen) atoms. The van der Waals surface area contributed by atoms with E-state index in [1.165, 1.54) is 51.6 Å². The molecule has 2 fully saturated rings. The zero-order valence-electron chi connectivity index (χ0n) is 13.5. The van der Waals surface area contributed by atoms with Gasteiger partial charge in [0.05, 0.1) is 0 Å². The molecule has 112 valence electrons. The smallest absolute Gasteiger partial charge is 0.0332 e. The molecule has 2 heteroatoms. The van der Waals surface area contributed by atoms with Gasteiger partial charge in [0.2, 0.25) is 0 Å². The van der Waals surface area contributed by atoms with Crippen LogP contribution in [-0.4, -0.2) is 30.1 Å². The molecule has 0 spiro atoms. The topological polar surface area (TPSA) is 29.3 Å². The third-order valence-electron chi connectivity index (χ3n) is 6.41. The molecule has 1 aliphatic carbocycles. The van der Waals surface area contributed by atoms with E-state index in [-0.39, 0.29) is 0 Å². The molecule has 2 aliphatic rings. The van der Waals surface area contributed by atoms with Crippen LogP contribution in [0.25, 0.3) is 0 Å². The highest BCUT2D eigenvalue weighted by atomic mass is 15.2. The Bertz CT molecular complexity index is 290. The molecule has 0 radical (unpaired) electrons. The normalized spacial score (nSPS) is 37.7. The van der Waals surface area contributed by atoms with E-state index >= 15 is 0 Å². The molecule has 0 amide bonds. The molecular formula is C17H34N2. The van der Waals surface area contributed by atoms with Crippen molar-refractivity contribution in [1.82, 2.24) is 4.90 Å². The van der Waals surface area contributed by atoms with Crippen LogP contribution in [0.5, 0.6) is 0 Å². The molecule has 1 heterocycles. The summed E-state index contributed by atoms with van der Waals surface area (Å²) >= 11 is 0. The fourth-order valence-corrected chi connectivity index (χ4v) is 4.24. The van der Waals surface area contributed by atoms with E-state index in [0.717, 1.165) is 18.4 Å².